The van der Waals surface area contributed by atoms with E-state index in [0.717, 1.165) is 16.9 Å². The third-order valence-electron chi connectivity index (χ3n) is 5.95. The smallest absolute Gasteiger partial charge is 0.280 e. The number of hydrogen-bond acceptors (Lipinski definition) is 3. The highest BCUT2D eigenvalue weighted by atomic mass is 19.3. The number of nitrogens with one attached hydrogen (secondary N) is 1. The van der Waals surface area contributed by atoms with Gasteiger partial charge in [-0.05, 0) is 50.0 Å². The van der Waals surface area contributed by atoms with Crippen molar-refractivity contribution in [1.82, 2.24) is 19.9 Å². The second-order valence-corrected chi connectivity index (χ2v) is 7.61. The molecule has 2 aromatic rings. The predicted molar refractivity (Wildman–Crippen MR) is 88.8 cm³/mol. The van der Waals surface area contributed by atoms with Gasteiger partial charge in [0.1, 0.15) is 11.4 Å². The Bertz CT molecular complexity index is 868. The summed E-state index contributed by atoms with van der Waals surface area (Å²) >= 11 is 0. The zero-order valence-electron chi connectivity index (χ0n) is 14.7. The fourth-order valence-corrected chi connectivity index (χ4v) is 4.69. The molecule has 1 amide bonds. The van der Waals surface area contributed by atoms with Crippen molar-refractivity contribution in [2.75, 3.05) is 0 Å². The summed E-state index contributed by atoms with van der Waals surface area (Å²) in [6.07, 6.45) is -1.27. The highest BCUT2D eigenvalue weighted by Gasteiger charge is 2.42. The van der Waals surface area contributed by atoms with E-state index < -0.39 is 30.1 Å². The van der Waals surface area contributed by atoms with Crippen molar-refractivity contribution in [3.63, 3.8) is 0 Å². The normalized spacial score (nSPS) is 25.7. The predicted octanol–water partition coefficient (Wildman–Crippen LogP) is 4.16. The lowest BCUT2D eigenvalue weighted by Crippen LogP contribution is -2.40. The van der Waals surface area contributed by atoms with E-state index in [2.05, 4.69) is 15.4 Å². The third kappa shape index (κ3) is 3.27. The molecule has 0 spiro atoms. The van der Waals surface area contributed by atoms with Crippen molar-refractivity contribution in [2.45, 2.75) is 51.5 Å². The van der Waals surface area contributed by atoms with Crippen LogP contribution in [-0.2, 0) is 0 Å². The van der Waals surface area contributed by atoms with Gasteiger partial charge in [0.2, 0.25) is 0 Å². The first-order valence-electron chi connectivity index (χ1n) is 9.11. The van der Waals surface area contributed by atoms with Crippen LogP contribution in [0.5, 0.6) is 0 Å². The number of amides is 1. The summed E-state index contributed by atoms with van der Waals surface area (Å²) in [6.45, 7) is 1.94. The van der Waals surface area contributed by atoms with E-state index in [1.807, 2.05) is 6.92 Å². The molecule has 0 aromatic carbocycles. The first-order valence-corrected chi connectivity index (χ1v) is 9.11. The molecule has 2 aromatic heterocycles. The third-order valence-corrected chi connectivity index (χ3v) is 5.95. The monoisotopic (exact) mass is 384 g/mol. The fourth-order valence-electron chi connectivity index (χ4n) is 4.69. The van der Waals surface area contributed by atoms with Crippen LogP contribution in [0.2, 0.25) is 0 Å². The topological polar surface area (TPSA) is 59.3 Å². The maximum atomic E-state index is 13.2. The Balaban J connectivity index is 1.57. The lowest BCUT2D eigenvalue weighted by Gasteiger charge is -2.28. The summed E-state index contributed by atoms with van der Waals surface area (Å²) in [5.74, 6) is 1.26. The number of alkyl halides is 4. The Morgan fingerprint density at radius 1 is 1.19 bits per heavy atom. The van der Waals surface area contributed by atoms with Crippen LogP contribution in [0.1, 0.15) is 67.3 Å². The molecule has 2 fully saturated rings. The number of hydrogen-bond donors (Lipinski definition) is 1. The van der Waals surface area contributed by atoms with E-state index in [1.165, 1.54) is 25.3 Å². The van der Waals surface area contributed by atoms with Crippen LogP contribution < -0.4 is 5.32 Å². The Kier molecular flexibility index (Phi) is 4.55. The molecule has 2 bridgehead atoms. The second kappa shape index (κ2) is 6.76. The van der Waals surface area contributed by atoms with Crippen molar-refractivity contribution in [3.8, 4) is 0 Å². The molecule has 2 heterocycles. The van der Waals surface area contributed by atoms with Gasteiger partial charge in [0.25, 0.3) is 18.8 Å². The molecule has 0 aliphatic heterocycles. The van der Waals surface area contributed by atoms with E-state index in [0.29, 0.717) is 17.9 Å². The van der Waals surface area contributed by atoms with E-state index in [9.17, 15) is 22.4 Å². The van der Waals surface area contributed by atoms with Crippen LogP contribution in [0.15, 0.2) is 12.1 Å². The van der Waals surface area contributed by atoms with Gasteiger partial charge < -0.3 is 5.32 Å². The maximum absolute atomic E-state index is 13.2. The molecule has 4 atom stereocenters. The molecule has 4 rings (SSSR count). The Morgan fingerprint density at radius 2 is 1.96 bits per heavy atom. The van der Waals surface area contributed by atoms with E-state index in [-0.39, 0.29) is 17.4 Å². The molecule has 2 saturated carbocycles. The minimum Gasteiger partial charge on any atom is -0.348 e. The van der Waals surface area contributed by atoms with Gasteiger partial charge in [-0.1, -0.05) is 6.42 Å². The van der Waals surface area contributed by atoms with Gasteiger partial charge in [-0.15, -0.1) is 0 Å². The molecule has 146 valence electrons. The minimum atomic E-state index is -3.02. The maximum Gasteiger partial charge on any atom is 0.280 e. The lowest BCUT2D eigenvalue weighted by molar-refractivity contribution is 0.0908. The van der Waals surface area contributed by atoms with Gasteiger partial charge in [0.15, 0.2) is 11.3 Å². The average Bonchev–Trinajstić information content (AvgIpc) is 3.34. The van der Waals surface area contributed by atoms with Crippen LogP contribution >= 0.6 is 0 Å². The minimum absolute atomic E-state index is 0.0586. The van der Waals surface area contributed by atoms with E-state index in [4.69, 9.17) is 0 Å². The zero-order chi connectivity index (χ0) is 19.3. The molecule has 2 aliphatic carbocycles. The van der Waals surface area contributed by atoms with Crippen molar-refractivity contribution >= 4 is 11.6 Å². The number of fused-ring (bicyclic) bond motifs is 3. The standard InChI is InChI=1S/C18H20F4N4O/c1-8(11-5-9-2-3-10(11)4-9)23-18(27)13-7-15-24-12(16(19)20)6-14(17(21)22)26(15)25-13/h6-11,16-17H,2-5H2,1H3,(H,23,27). The van der Waals surface area contributed by atoms with Crippen LogP contribution in [-0.4, -0.2) is 26.5 Å². The fraction of sp³-hybridized carbons (Fsp3) is 0.611. The first-order chi connectivity index (χ1) is 12.8. The Labute approximate surface area is 153 Å². The van der Waals surface area contributed by atoms with Crippen molar-refractivity contribution in [3.05, 3.63) is 29.2 Å². The SMILES string of the molecule is CC(NC(=O)c1cc2nc(C(F)F)cc(C(F)F)n2n1)C1CC2CCC1C2. The summed E-state index contributed by atoms with van der Waals surface area (Å²) in [5, 5.41) is 6.77. The van der Waals surface area contributed by atoms with Gasteiger partial charge >= 0.3 is 0 Å². The average molecular weight is 384 g/mol. The van der Waals surface area contributed by atoms with Crippen LogP contribution in [0, 0.1) is 17.8 Å². The number of nitrogens with zero attached hydrogens (tertiary/aromatic N) is 3. The zero-order valence-corrected chi connectivity index (χ0v) is 14.7. The summed E-state index contributed by atoms with van der Waals surface area (Å²) in [4.78, 5) is 16.2. The molecule has 2 aliphatic rings. The number of halogens is 4. The largest absolute Gasteiger partial charge is 0.348 e. The first kappa shape index (κ1) is 18.2. The van der Waals surface area contributed by atoms with E-state index in [1.54, 1.807) is 0 Å². The summed E-state index contributed by atoms with van der Waals surface area (Å²) in [6, 6.07) is 1.73. The molecule has 5 nitrogen and oxygen atoms in total. The molecular weight excluding hydrogens is 364 g/mol. The molecule has 9 heteroatoms. The Hall–Kier alpha value is -2.19. The summed E-state index contributed by atoms with van der Waals surface area (Å²) in [7, 11) is 0. The van der Waals surface area contributed by atoms with Gasteiger partial charge in [0, 0.05) is 12.1 Å². The van der Waals surface area contributed by atoms with Gasteiger partial charge in [-0.2, -0.15) is 5.10 Å². The van der Waals surface area contributed by atoms with E-state index >= 15 is 0 Å². The number of rotatable bonds is 5. The van der Waals surface area contributed by atoms with Crippen molar-refractivity contribution < 1.29 is 22.4 Å². The van der Waals surface area contributed by atoms with Crippen LogP contribution in [0.4, 0.5) is 17.6 Å². The van der Waals surface area contributed by atoms with Crippen LogP contribution in [0.25, 0.3) is 5.65 Å². The van der Waals surface area contributed by atoms with Gasteiger partial charge in [0.05, 0.1) is 0 Å². The summed E-state index contributed by atoms with van der Waals surface area (Å²) < 4.78 is 53.0. The quantitative estimate of drug-likeness (QED) is 0.788. The van der Waals surface area contributed by atoms with Gasteiger partial charge in [-0.3, -0.25) is 4.79 Å². The second-order valence-electron chi connectivity index (χ2n) is 7.61. The molecule has 0 saturated heterocycles. The highest BCUT2D eigenvalue weighted by molar-refractivity contribution is 5.93. The molecule has 4 unspecified atom stereocenters. The Morgan fingerprint density at radius 3 is 2.56 bits per heavy atom. The molecule has 0 radical (unpaired) electrons. The van der Waals surface area contributed by atoms with Gasteiger partial charge in [-0.25, -0.2) is 27.1 Å². The number of aromatic nitrogens is 3. The highest BCUT2D eigenvalue weighted by Crippen LogP contribution is 2.49. The van der Waals surface area contributed by atoms with Crippen molar-refractivity contribution in [1.29, 1.82) is 0 Å². The number of carbonyl (C=O) groups excluding carboxylic acids is 1. The molecular formula is C18H20F4N4O. The number of carbonyl (C=O) groups is 1. The lowest BCUT2D eigenvalue weighted by atomic mass is 9.84. The summed E-state index contributed by atoms with van der Waals surface area (Å²) in [5.41, 5.74) is -1.78. The van der Waals surface area contributed by atoms with Crippen molar-refractivity contribution in [2.24, 2.45) is 17.8 Å². The molecule has 27 heavy (non-hydrogen) atoms. The van der Waals surface area contributed by atoms with Crippen LogP contribution in [0.3, 0.4) is 0 Å². The molecule has 1 N–H and O–H groups in total.